The first kappa shape index (κ1) is 9.41. The number of benzene rings is 1. The maximum atomic E-state index is 11.2. The average molecular weight is 189 g/mol. The van der Waals surface area contributed by atoms with Crippen molar-refractivity contribution in [2.24, 2.45) is 0 Å². The van der Waals surface area contributed by atoms with Crippen molar-refractivity contribution >= 4 is 5.78 Å². The Balaban J connectivity index is 2.37. The molecule has 2 nitrogen and oxygen atoms in total. The summed E-state index contributed by atoms with van der Waals surface area (Å²) in [6.07, 6.45) is 2.25. The third kappa shape index (κ3) is 1.85. The van der Waals surface area contributed by atoms with Crippen LogP contribution in [0.2, 0.25) is 0 Å². The predicted octanol–water partition coefficient (Wildman–Crippen LogP) is 1.93. The molecule has 0 saturated heterocycles. The largest absolute Gasteiger partial charge is 0.313 e. The van der Waals surface area contributed by atoms with Crippen molar-refractivity contribution in [3.05, 3.63) is 34.9 Å². The molecule has 0 unspecified atom stereocenters. The van der Waals surface area contributed by atoms with Crippen LogP contribution in [0.3, 0.4) is 0 Å². The second-order valence-electron chi connectivity index (χ2n) is 3.82. The van der Waals surface area contributed by atoms with Crippen molar-refractivity contribution in [2.45, 2.75) is 26.3 Å². The first-order chi connectivity index (χ1) is 6.77. The van der Waals surface area contributed by atoms with E-state index in [1.165, 1.54) is 11.1 Å². The number of hydrogen-bond acceptors (Lipinski definition) is 2. The van der Waals surface area contributed by atoms with Gasteiger partial charge in [-0.1, -0.05) is 12.1 Å². The minimum atomic E-state index is 0.157. The minimum absolute atomic E-state index is 0.157. The smallest absolute Gasteiger partial charge is 0.159 e. The van der Waals surface area contributed by atoms with Crippen molar-refractivity contribution < 1.29 is 4.79 Å². The van der Waals surface area contributed by atoms with Gasteiger partial charge < -0.3 is 5.32 Å². The molecule has 2 rings (SSSR count). The fraction of sp³-hybridized carbons (Fsp3) is 0.417. The average Bonchev–Trinajstić information content (AvgIpc) is 2.41. The van der Waals surface area contributed by atoms with E-state index in [1.54, 1.807) is 6.92 Å². The molecule has 0 saturated carbocycles. The molecule has 1 heterocycles. The van der Waals surface area contributed by atoms with Gasteiger partial charge in [0.15, 0.2) is 5.78 Å². The van der Waals surface area contributed by atoms with Crippen LogP contribution in [0.5, 0.6) is 0 Å². The van der Waals surface area contributed by atoms with E-state index in [0.717, 1.165) is 31.5 Å². The Labute approximate surface area is 84.3 Å². The van der Waals surface area contributed by atoms with Gasteiger partial charge in [0.05, 0.1) is 0 Å². The number of nitrogens with one attached hydrogen (secondary N) is 1. The summed E-state index contributed by atoms with van der Waals surface area (Å²) < 4.78 is 0. The van der Waals surface area contributed by atoms with Crippen LogP contribution in [0.25, 0.3) is 0 Å². The van der Waals surface area contributed by atoms with E-state index in [-0.39, 0.29) is 5.78 Å². The number of Topliss-reactive ketones (excluding diaryl/α,β-unsaturated/α-hetero) is 1. The lowest BCUT2D eigenvalue weighted by molar-refractivity contribution is 0.101. The number of aryl methyl sites for hydroxylation is 1. The summed E-state index contributed by atoms with van der Waals surface area (Å²) in [5.41, 5.74) is 3.51. The molecule has 1 aromatic carbocycles. The molecule has 0 fully saturated rings. The number of rotatable bonds is 1. The Morgan fingerprint density at radius 2 is 2.21 bits per heavy atom. The summed E-state index contributed by atoms with van der Waals surface area (Å²) in [5, 5.41) is 3.37. The van der Waals surface area contributed by atoms with E-state index in [1.807, 2.05) is 12.1 Å². The quantitative estimate of drug-likeness (QED) is 0.684. The number of fused-ring (bicyclic) bond motifs is 1. The third-order valence-electron chi connectivity index (χ3n) is 2.73. The van der Waals surface area contributed by atoms with Crippen molar-refractivity contribution in [3.8, 4) is 0 Å². The zero-order chi connectivity index (χ0) is 9.97. The molecule has 0 spiro atoms. The van der Waals surface area contributed by atoms with Crippen molar-refractivity contribution in [1.29, 1.82) is 0 Å². The molecule has 0 aliphatic carbocycles. The summed E-state index contributed by atoms with van der Waals surface area (Å²) in [5.74, 6) is 0.157. The number of carbonyl (C=O) groups is 1. The summed E-state index contributed by atoms with van der Waals surface area (Å²) in [4.78, 5) is 11.2. The predicted molar refractivity (Wildman–Crippen MR) is 56.5 cm³/mol. The Morgan fingerprint density at radius 3 is 3.00 bits per heavy atom. The highest BCUT2D eigenvalue weighted by molar-refractivity contribution is 5.94. The standard InChI is InChI=1S/C12H15NO/c1-9(14)10-4-5-12-8-13-6-2-3-11(12)7-10/h4-5,7,13H,2-3,6,8H2,1H3. The van der Waals surface area contributed by atoms with E-state index in [2.05, 4.69) is 11.4 Å². The molecule has 0 radical (unpaired) electrons. The molecular formula is C12H15NO. The van der Waals surface area contributed by atoms with E-state index >= 15 is 0 Å². The van der Waals surface area contributed by atoms with Crippen molar-refractivity contribution in [3.63, 3.8) is 0 Å². The Bertz CT molecular complexity index is 357. The lowest BCUT2D eigenvalue weighted by Crippen LogP contribution is -2.11. The SMILES string of the molecule is CC(=O)c1ccc2c(c1)CCCNC2. The molecule has 1 aliphatic heterocycles. The van der Waals surface area contributed by atoms with Crippen LogP contribution in [0, 0.1) is 0 Å². The number of hydrogen-bond donors (Lipinski definition) is 1. The van der Waals surface area contributed by atoms with Crippen LogP contribution in [0.15, 0.2) is 18.2 Å². The number of ketones is 1. The zero-order valence-corrected chi connectivity index (χ0v) is 8.47. The van der Waals surface area contributed by atoms with Gasteiger partial charge in [0.1, 0.15) is 0 Å². The molecule has 0 bridgehead atoms. The molecule has 1 aliphatic rings. The zero-order valence-electron chi connectivity index (χ0n) is 8.47. The molecule has 2 heteroatoms. The number of carbonyl (C=O) groups excluding carboxylic acids is 1. The van der Waals surface area contributed by atoms with Gasteiger partial charge in [0, 0.05) is 12.1 Å². The maximum Gasteiger partial charge on any atom is 0.159 e. The van der Waals surface area contributed by atoms with Crippen LogP contribution in [-0.2, 0) is 13.0 Å². The fourth-order valence-electron chi connectivity index (χ4n) is 1.88. The lowest BCUT2D eigenvalue weighted by atomic mass is 10.00. The second kappa shape index (κ2) is 3.93. The van der Waals surface area contributed by atoms with E-state index in [4.69, 9.17) is 0 Å². The first-order valence-corrected chi connectivity index (χ1v) is 5.11. The minimum Gasteiger partial charge on any atom is -0.313 e. The van der Waals surface area contributed by atoms with Gasteiger partial charge in [-0.3, -0.25) is 4.79 Å². The van der Waals surface area contributed by atoms with E-state index in [9.17, 15) is 4.79 Å². The van der Waals surface area contributed by atoms with E-state index < -0.39 is 0 Å². The van der Waals surface area contributed by atoms with Gasteiger partial charge in [-0.05, 0) is 43.5 Å². The van der Waals surface area contributed by atoms with E-state index in [0.29, 0.717) is 0 Å². The van der Waals surface area contributed by atoms with Crippen LogP contribution < -0.4 is 5.32 Å². The van der Waals surface area contributed by atoms with Crippen molar-refractivity contribution in [1.82, 2.24) is 5.32 Å². The highest BCUT2D eigenvalue weighted by atomic mass is 16.1. The van der Waals surface area contributed by atoms with Gasteiger partial charge >= 0.3 is 0 Å². The third-order valence-corrected chi connectivity index (χ3v) is 2.73. The maximum absolute atomic E-state index is 11.2. The topological polar surface area (TPSA) is 29.1 Å². The fourth-order valence-corrected chi connectivity index (χ4v) is 1.88. The summed E-state index contributed by atoms with van der Waals surface area (Å²) in [7, 11) is 0. The van der Waals surface area contributed by atoms with Gasteiger partial charge in [0.2, 0.25) is 0 Å². The highest BCUT2D eigenvalue weighted by Crippen LogP contribution is 2.16. The Hall–Kier alpha value is -1.15. The monoisotopic (exact) mass is 189 g/mol. The van der Waals surface area contributed by atoms with Crippen LogP contribution in [-0.4, -0.2) is 12.3 Å². The molecule has 74 valence electrons. The van der Waals surface area contributed by atoms with Crippen molar-refractivity contribution in [2.75, 3.05) is 6.54 Å². The summed E-state index contributed by atoms with van der Waals surface area (Å²) in [6, 6.07) is 6.04. The Kier molecular flexibility index (Phi) is 2.64. The summed E-state index contributed by atoms with van der Waals surface area (Å²) in [6.45, 7) is 3.63. The highest BCUT2D eigenvalue weighted by Gasteiger charge is 2.09. The first-order valence-electron chi connectivity index (χ1n) is 5.11. The lowest BCUT2D eigenvalue weighted by Gasteiger charge is -2.06. The van der Waals surface area contributed by atoms with Crippen LogP contribution >= 0.6 is 0 Å². The molecule has 0 amide bonds. The van der Waals surface area contributed by atoms with Gasteiger partial charge in [-0.25, -0.2) is 0 Å². The van der Waals surface area contributed by atoms with Gasteiger partial charge in [-0.15, -0.1) is 0 Å². The van der Waals surface area contributed by atoms with Crippen LogP contribution in [0.4, 0.5) is 0 Å². The molecule has 0 aromatic heterocycles. The van der Waals surface area contributed by atoms with Gasteiger partial charge in [-0.2, -0.15) is 0 Å². The molecule has 1 aromatic rings. The molecule has 14 heavy (non-hydrogen) atoms. The molecule has 1 N–H and O–H groups in total. The van der Waals surface area contributed by atoms with Gasteiger partial charge in [0.25, 0.3) is 0 Å². The summed E-state index contributed by atoms with van der Waals surface area (Å²) >= 11 is 0. The normalized spacial score (nSPS) is 15.8. The molecule has 0 atom stereocenters. The molecular weight excluding hydrogens is 174 g/mol. The van der Waals surface area contributed by atoms with Crippen LogP contribution in [0.1, 0.15) is 34.8 Å². The second-order valence-corrected chi connectivity index (χ2v) is 3.82. The Morgan fingerprint density at radius 1 is 1.36 bits per heavy atom.